The third-order valence-corrected chi connectivity index (χ3v) is 22.5. The molecule has 6 fully saturated rings. The molecule has 3 atom stereocenters. The van der Waals surface area contributed by atoms with Gasteiger partial charge in [0, 0.05) is 71.2 Å². The number of hydrogen-bond acceptors (Lipinski definition) is 15. The van der Waals surface area contributed by atoms with Crippen LogP contribution in [0.25, 0.3) is 26.8 Å². The van der Waals surface area contributed by atoms with E-state index in [9.17, 15) is 19.5 Å². The monoisotopic (exact) mass is 1750 g/mol. The second-order valence-corrected chi connectivity index (χ2v) is 35.7. The van der Waals surface area contributed by atoms with E-state index in [1.54, 1.807) is 56.5 Å². The number of nitrogens with one attached hydrogen (secondary N) is 6. The van der Waals surface area contributed by atoms with Crippen molar-refractivity contribution < 1.29 is 23.7 Å². The lowest BCUT2D eigenvalue weighted by Gasteiger charge is -2.22. The molecule has 6 saturated carbocycles. The lowest BCUT2D eigenvalue weighted by Crippen LogP contribution is -2.27. The van der Waals surface area contributed by atoms with Crippen LogP contribution in [0.1, 0.15) is 217 Å². The molecule has 15 N–H and O–H groups in total. The molecule has 0 bridgehead atoms. The number of hydrogen-bond donors (Lipinski definition) is 11. The SMILES string of the molecule is Cc1cc(C(=O)Nc2cc(C3CC3)cc(C(NCC3CC3)c3ccccc3)c2)n(-c2cccc(CN)c2)n1.NCC1CC1.NCCNCCN.O=S(Cl)Cl.[C-]#[N+]c1cccc(-n2nc(C)cc2C(=O)Nc2cc(C3CC3)cc(C(NCC3CC3)c3ccccc3)c2)c1.[C-]#[N+]c1cccc(-n2nc(C)cc2C(=O)Nc2cc(C3CC3)cc(C(O)c3ccccc3)c2)c1. The van der Waals surface area contributed by atoms with Crippen LogP contribution in [0.3, 0.4) is 0 Å². The number of aliphatic hydroxyl groups excluding tert-OH is 1. The zero-order valence-electron chi connectivity index (χ0n) is 71.5. The Balaban J connectivity index is 0.000000149. The number of aliphatic hydroxyl groups is 1. The van der Waals surface area contributed by atoms with Crippen molar-refractivity contribution in [3.8, 4) is 17.1 Å². The molecule has 23 nitrogen and oxygen atoms in total. The van der Waals surface area contributed by atoms with Gasteiger partial charge >= 0.3 is 0 Å². The number of nitrogens with zero attached hydrogens (tertiary/aromatic N) is 8. The average molecular weight is 1750 g/mol. The Bertz CT molecular complexity index is 5760. The van der Waals surface area contributed by atoms with E-state index < -0.39 is 15.3 Å². The van der Waals surface area contributed by atoms with Crippen molar-refractivity contribution in [2.75, 3.05) is 61.8 Å². The second kappa shape index (κ2) is 45.0. The van der Waals surface area contributed by atoms with Gasteiger partial charge in [-0.15, -0.1) is 0 Å². The minimum absolute atomic E-state index is 0.0651. The summed E-state index contributed by atoms with van der Waals surface area (Å²) in [6.07, 6.45) is 14.2. The van der Waals surface area contributed by atoms with Crippen LogP contribution in [-0.4, -0.2) is 102 Å². The smallest absolute Gasteiger partial charge is 0.274 e. The van der Waals surface area contributed by atoms with E-state index in [0.29, 0.717) is 88.6 Å². The van der Waals surface area contributed by atoms with Gasteiger partial charge < -0.3 is 59.9 Å². The van der Waals surface area contributed by atoms with Crippen LogP contribution in [-0.2, 0) is 15.8 Å². The zero-order valence-corrected chi connectivity index (χ0v) is 73.8. The van der Waals surface area contributed by atoms with Crippen LogP contribution in [0, 0.1) is 51.7 Å². The summed E-state index contributed by atoms with van der Waals surface area (Å²) in [5.41, 5.74) is 41.5. The molecule has 0 spiro atoms. The number of aromatic nitrogens is 6. The first-order chi connectivity index (χ1) is 61.2. The van der Waals surface area contributed by atoms with E-state index in [-0.39, 0.29) is 29.8 Å². The van der Waals surface area contributed by atoms with Crippen LogP contribution in [0.15, 0.2) is 237 Å². The van der Waals surface area contributed by atoms with E-state index in [1.165, 1.54) is 97.6 Å². The summed E-state index contributed by atoms with van der Waals surface area (Å²) in [7, 11) is 7.36. The van der Waals surface area contributed by atoms with Gasteiger partial charge in [0.25, 0.3) is 17.7 Å². The molecule has 3 amide bonds. The highest BCUT2D eigenvalue weighted by atomic mass is 36.0. The van der Waals surface area contributed by atoms with Crippen molar-refractivity contribution >= 4 is 76.7 Å². The van der Waals surface area contributed by atoms with Gasteiger partial charge in [0.05, 0.1) is 59.4 Å². The highest BCUT2D eigenvalue weighted by molar-refractivity contribution is 8.26. The number of aryl methyl sites for hydroxylation is 3. The lowest BCUT2D eigenvalue weighted by molar-refractivity contribution is 0.101. The first-order valence-corrected chi connectivity index (χ1v) is 46.2. The van der Waals surface area contributed by atoms with Crippen LogP contribution in [0.5, 0.6) is 0 Å². The molecule has 6 aliphatic rings. The van der Waals surface area contributed by atoms with Gasteiger partial charge in [-0.3, -0.25) is 14.4 Å². The van der Waals surface area contributed by atoms with Gasteiger partial charge in [0.1, 0.15) is 23.2 Å². The molecule has 3 unspecified atom stereocenters. The number of benzene rings is 9. The fourth-order valence-electron chi connectivity index (χ4n) is 14.9. The molecular weight excluding hydrogens is 1640 g/mol. The molecule has 652 valence electrons. The number of halogens is 2. The third-order valence-electron chi connectivity index (χ3n) is 22.5. The van der Waals surface area contributed by atoms with Crippen molar-refractivity contribution in [1.29, 1.82) is 0 Å². The maximum atomic E-state index is 13.6. The number of carbonyl (C=O) groups excluding carboxylic acids is 3. The molecule has 0 saturated heterocycles. The van der Waals surface area contributed by atoms with Gasteiger partial charge in [-0.05, 0) is 300 Å². The average Bonchev–Trinajstić information content (AvgIpc) is 0.967. The Morgan fingerprint density at radius 1 is 0.429 bits per heavy atom. The van der Waals surface area contributed by atoms with E-state index in [1.807, 2.05) is 124 Å². The summed E-state index contributed by atoms with van der Waals surface area (Å²) in [4.78, 5) is 47.6. The van der Waals surface area contributed by atoms with Crippen molar-refractivity contribution in [3.05, 3.63) is 349 Å². The molecular formula is C100H112Cl2N18O5S. The quantitative estimate of drug-likeness (QED) is 0.0113. The Kier molecular flexibility index (Phi) is 32.9. The Morgan fingerprint density at radius 2 is 0.770 bits per heavy atom. The normalized spacial score (nSPS) is 14.9. The molecule has 6 aliphatic carbocycles. The van der Waals surface area contributed by atoms with Gasteiger partial charge in [-0.1, -0.05) is 146 Å². The molecule has 0 aliphatic heterocycles. The van der Waals surface area contributed by atoms with Crippen LogP contribution >= 0.6 is 21.4 Å². The summed E-state index contributed by atoms with van der Waals surface area (Å²) in [5.74, 6) is 3.32. The summed E-state index contributed by atoms with van der Waals surface area (Å²) in [5, 5.41) is 44.7. The first kappa shape index (κ1) is 92.1. The van der Waals surface area contributed by atoms with Crippen molar-refractivity contribution in [3.63, 3.8) is 0 Å². The van der Waals surface area contributed by atoms with E-state index >= 15 is 0 Å². The summed E-state index contributed by atoms with van der Waals surface area (Å²) < 4.78 is 14.0. The molecule has 12 aromatic rings. The Morgan fingerprint density at radius 3 is 1.10 bits per heavy atom. The highest BCUT2D eigenvalue weighted by Crippen LogP contribution is 2.46. The maximum Gasteiger partial charge on any atom is 0.274 e. The minimum Gasteiger partial charge on any atom is -0.384 e. The summed E-state index contributed by atoms with van der Waals surface area (Å²) >= 11 is 0. The predicted molar refractivity (Wildman–Crippen MR) is 506 cm³/mol. The fraction of sp³-hybridized carbons (Fsp3) is 0.320. The van der Waals surface area contributed by atoms with Crippen LogP contribution < -0.4 is 54.8 Å². The molecule has 18 rings (SSSR count). The van der Waals surface area contributed by atoms with Crippen molar-refractivity contribution in [1.82, 2.24) is 45.3 Å². The van der Waals surface area contributed by atoms with Gasteiger partial charge in [-0.25, -0.2) is 27.9 Å². The van der Waals surface area contributed by atoms with Gasteiger partial charge in [-0.2, -0.15) is 15.3 Å². The molecule has 126 heavy (non-hydrogen) atoms. The molecule has 9 aromatic carbocycles. The molecule has 3 aromatic heterocycles. The first-order valence-electron chi connectivity index (χ1n) is 43.4. The Hall–Kier alpha value is -11.6. The van der Waals surface area contributed by atoms with E-state index in [0.717, 1.165) is 114 Å². The maximum absolute atomic E-state index is 13.6. The van der Waals surface area contributed by atoms with Gasteiger partial charge in [0.2, 0.25) is 9.23 Å². The number of anilines is 3. The topological polar surface area (TPSA) is 327 Å². The predicted octanol–water partition coefficient (Wildman–Crippen LogP) is 18.6. The minimum atomic E-state index is -1.67. The Labute approximate surface area is 750 Å². The summed E-state index contributed by atoms with van der Waals surface area (Å²) in [6, 6.07) is 77.2. The standard InChI is InChI=1S/C32H31N5O.C32H35N5O.C28H24N4O2.C4H13N3.C4H9N.Cl2OS/c1-21-15-30(37(36-21)29-10-6-9-27(19-29)33-2)32(38)35-28-17-25(23-13-14-23)16-26(18-28)31(34-20-22-11-12-22)24-7-4-3-5-8-24;1-21-14-30(37(36-21)29-9-5-6-23(15-29)19-33)32(38)35-28-17-26(24-12-13-24)16-27(18-28)31(34-20-22-10-11-22)25-7-3-2-4-8-25;1-18-13-26(32(31-18)25-10-6-9-23(17-25)29-2)28(34)30-24-15-21(19-11-12-19)14-22(16-24)27(33)20-7-4-3-5-8-20;5-1-3-7-4-2-6;5-3-4-1-2-4;1-4(2)3/h3-10,15-19,22-23,31,34H,11-14,20H2,1H3,(H,35,38);2-9,14-18,22,24,31,34H,10-13,19-20,33H2,1H3,(H,35,38);3-10,13-17,19,27,33H,11-12H2,1H3,(H,30,34);7H,1-6H2;4H,1-3,5H2;. The zero-order chi connectivity index (χ0) is 88.6. The second-order valence-electron chi connectivity index (χ2n) is 33.1. The van der Waals surface area contributed by atoms with E-state index in [4.69, 9.17) is 40.3 Å². The molecule has 26 heteroatoms. The van der Waals surface area contributed by atoms with Gasteiger partial charge in [0.15, 0.2) is 11.4 Å². The lowest BCUT2D eigenvalue weighted by atomic mass is 9.95. The van der Waals surface area contributed by atoms with Crippen LogP contribution in [0.4, 0.5) is 28.4 Å². The number of rotatable bonds is 30. The largest absolute Gasteiger partial charge is 0.384 e. The summed E-state index contributed by atoms with van der Waals surface area (Å²) in [6.45, 7) is 26.7. The number of amides is 3. The number of carbonyl (C=O) groups is 3. The number of nitrogens with two attached hydrogens (primary N) is 4. The van der Waals surface area contributed by atoms with Crippen LogP contribution in [0.2, 0.25) is 0 Å². The van der Waals surface area contributed by atoms with E-state index in [2.05, 4.69) is 169 Å². The molecule has 3 heterocycles. The molecule has 0 radical (unpaired) electrons. The van der Waals surface area contributed by atoms with Crippen molar-refractivity contribution in [2.24, 2.45) is 40.7 Å². The third kappa shape index (κ3) is 27.2. The highest BCUT2D eigenvalue weighted by Gasteiger charge is 2.32. The fourth-order valence-corrected chi connectivity index (χ4v) is 14.9. The van der Waals surface area contributed by atoms with Crippen molar-refractivity contribution in [2.45, 2.75) is 140 Å².